The van der Waals surface area contributed by atoms with Crippen LogP contribution in [0, 0.1) is 11.8 Å². The minimum absolute atomic E-state index is 0.00451. The molecule has 2 aromatic carbocycles. The fourth-order valence-corrected chi connectivity index (χ4v) is 3.83. The molecule has 0 saturated carbocycles. The van der Waals surface area contributed by atoms with Crippen molar-refractivity contribution in [2.24, 2.45) is 0 Å². The smallest absolute Gasteiger partial charge is 0.471 e. The van der Waals surface area contributed by atoms with Crippen molar-refractivity contribution in [1.82, 2.24) is 9.80 Å². The van der Waals surface area contributed by atoms with Gasteiger partial charge in [-0.25, -0.2) is 4.79 Å². The molecular weight excluding hydrogens is 499 g/mol. The number of rotatable bonds is 5. The van der Waals surface area contributed by atoms with Gasteiger partial charge < -0.3 is 19.6 Å². The van der Waals surface area contributed by atoms with Crippen LogP contribution in [0.4, 0.5) is 23.7 Å². The van der Waals surface area contributed by atoms with E-state index in [0.29, 0.717) is 26.1 Å². The molecule has 0 spiro atoms. The number of nitrogens with zero attached hydrogens (tertiary/aromatic N) is 3. The molecule has 3 rings (SSSR count). The third-order valence-electron chi connectivity index (χ3n) is 5.80. The predicted molar refractivity (Wildman–Crippen MR) is 138 cm³/mol. The minimum Gasteiger partial charge on any atom is -0.508 e. The van der Waals surface area contributed by atoms with Crippen LogP contribution in [0.25, 0.3) is 0 Å². The molecule has 10 heteroatoms. The minimum atomic E-state index is -4.85. The van der Waals surface area contributed by atoms with E-state index in [1.165, 1.54) is 4.90 Å². The lowest BCUT2D eigenvalue weighted by Gasteiger charge is -2.36. The van der Waals surface area contributed by atoms with E-state index in [-0.39, 0.29) is 25.4 Å². The van der Waals surface area contributed by atoms with E-state index < -0.39 is 23.8 Å². The summed E-state index contributed by atoms with van der Waals surface area (Å²) in [7, 11) is 0. The summed E-state index contributed by atoms with van der Waals surface area (Å²) in [5.74, 6) is 4.43. The summed E-state index contributed by atoms with van der Waals surface area (Å²) in [6.07, 6.45) is -4.76. The number of ether oxygens (including phenoxy) is 1. The lowest BCUT2D eigenvalue weighted by molar-refractivity contribution is -0.185. The Bertz CT molecular complexity index is 1160. The predicted octanol–water partition coefficient (Wildman–Crippen LogP) is 4.43. The lowest BCUT2D eigenvalue weighted by Crippen LogP contribution is -2.52. The molecule has 204 valence electrons. The van der Waals surface area contributed by atoms with Crippen LogP contribution in [0.1, 0.15) is 31.9 Å². The van der Waals surface area contributed by atoms with Crippen molar-refractivity contribution < 1.29 is 32.6 Å². The van der Waals surface area contributed by atoms with Gasteiger partial charge in [-0.15, -0.1) is 0 Å². The number of benzene rings is 2. The summed E-state index contributed by atoms with van der Waals surface area (Å²) < 4.78 is 43.5. The molecule has 2 aromatic rings. The largest absolute Gasteiger partial charge is 0.508 e. The maximum absolute atomic E-state index is 12.7. The van der Waals surface area contributed by atoms with Crippen molar-refractivity contribution >= 4 is 17.7 Å². The lowest BCUT2D eigenvalue weighted by atomic mass is 10.1. The van der Waals surface area contributed by atoms with Crippen molar-refractivity contribution in [3.05, 3.63) is 59.7 Å². The summed E-state index contributed by atoms with van der Waals surface area (Å²) in [6.45, 7) is 6.55. The fourth-order valence-electron chi connectivity index (χ4n) is 3.83. The molecule has 0 bridgehead atoms. The van der Waals surface area contributed by atoms with Crippen LogP contribution in [0.3, 0.4) is 0 Å². The molecule has 0 aromatic heterocycles. The van der Waals surface area contributed by atoms with Gasteiger partial charge in [0, 0.05) is 44.0 Å². The number of aromatic hydroxyl groups is 1. The number of hydrogen-bond donors (Lipinski definition) is 1. The summed E-state index contributed by atoms with van der Waals surface area (Å²) in [6, 6.07) is 14.1. The SMILES string of the molecule is CC(C)(C)OC(=O)N(CC#Cc1ccc(N2CCN(C(=O)C(F)(F)F)CC2)cc1)CCc1ccc(O)cc1. The van der Waals surface area contributed by atoms with Crippen molar-refractivity contribution in [3.8, 4) is 17.6 Å². The monoisotopic (exact) mass is 531 g/mol. The van der Waals surface area contributed by atoms with Gasteiger partial charge in [-0.05, 0) is 69.2 Å². The Balaban J connectivity index is 1.59. The maximum atomic E-state index is 12.7. The first-order chi connectivity index (χ1) is 17.8. The van der Waals surface area contributed by atoms with Crippen molar-refractivity contribution in [3.63, 3.8) is 0 Å². The van der Waals surface area contributed by atoms with E-state index in [1.54, 1.807) is 45.0 Å². The average Bonchev–Trinajstić information content (AvgIpc) is 2.85. The van der Waals surface area contributed by atoms with E-state index >= 15 is 0 Å². The number of alkyl halides is 3. The van der Waals surface area contributed by atoms with Crippen LogP contribution in [-0.2, 0) is 16.0 Å². The highest BCUT2D eigenvalue weighted by atomic mass is 19.4. The molecule has 0 atom stereocenters. The number of hydrogen-bond acceptors (Lipinski definition) is 5. The molecule has 1 N–H and O–H groups in total. The third-order valence-corrected chi connectivity index (χ3v) is 5.80. The molecule has 38 heavy (non-hydrogen) atoms. The Hall–Kier alpha value is -3.87. The molecule has 1 aliphatic rings. The number of phenolic OH excluding ortho intramolecular Hbond substituents is 1. The highest BCUT2D eigenvalue weighted by molar-refractivity contribution is 5.82. The van der Waals surface area contributed by atoms with Gasteiger partial charge in [0.05, 0.1) is 6.54 Å². The summed E-state index contributed by atoms with van der Waals surface area (Å²) in [5, 5.41) is 9.47. The van der Waals surface area contributed by atoms with Gasteiger partial charge in [-0.2, -0.15) is 13.2 Å². The van der Waals surface area contributed by atoms with E-state index in [9.17, 15) is 27.9 Å². The highest BCUT2D eigenvalue weighted by Gasteiger charge is 2.43. The van der Waals surface area contributed by atoms with Crippen LogP contribution in [0.5, 0.6) is 5.75 Å². The van der Waals surface area contributed by atoms with Gasteiger partial charge in [-0.3, -0.25) is 9.69 Å². The number of piperazine rings is 1. The molecule has 1 aliphatic heterocycles. The molecule has 1 saturated heterocycles. The van der Waals surface area contributed by atoms with Crippen LogP contribution in [0.15, 0.2) is 48.5 Å². The second-order valence-corrected chi connectivity index (χ2v) is 9.94. The summed E-state index contributed by atoms with van der Waals surface area (Å²) >= 11 is 0. The zero-order valence-corrected chi connectivity index (χ0v) is 21.7. The quantitative estimate of drug-likeness (QED) is 0.578. The van der Waals surface area contributed by atoms with Crippen molar-refractivity contribution in [1.29, 1.82) is 0 Å². The molecular formula is C28H32F3N3O4. The topological polar surface area (TPSA) is 73.3 Å². The normalized spacial score (nSPS) is 13.9. The Morgan fingerprint density at radius 3 is 2.13 bits per heavy atom. The van der Waals surface area contributed by atoms with E-state index in [1.807, 2.05) is 29.2 Å². The Morgan fingerprint density at radius 2 is 1.58 bits per heavy atom. The first-order valence-electron chi connectivity index (χ1n) is 12.3. The van der Waals surface area contributed by atoms with Crippen LogP contribution in [-0.4, -0.2) is 78.0 Å². The molecule has 0 aliphatic carbocycles. The van der Waals surface area contributed by atoms with Gasteiger partial charge in [0.2, 0.25) is 0 Å². The molecule has 1 fully saturated rings. The zero-order chi connectivity index (χ0) is 27.9. The summed E-state index contributed by atoms with van der Waals surface area (Å²) in [4.78, 5) is 28.4. The van der Waals surface area contributed by atoms with Gasteiger partial charge >= 0.3 is 18.2 Å². The second-order valence-electron chi connectivity index (χ2n) is 9.94. The maximum Gasteiger partial charge on any atom is 0.471 e. The van der Waals surface area contributed by atoms with Crippen molar-refractivity contribution in [2.45, 2.75) is 39.0 Å². The number of anilines is 1. The molecule has 1 heterocycles. The standard InChI is InChI=1S/C28H32F3N3O4/c1-27(2,3)38-26(37)34(16-14-22-8-12-24(35)13-9-22)15-4-5-21-6-10-23(11-7-21)32-17-19-33(20-18-32)25(36)28(29,30)31/h6-13,35H,14-20H2,1-3H3. The molecule has 2 amide bonds. The average molecular weight is 532 g/mol. The van der Waals surface area contributed by atoms with Gasteiger partial charge in [0.25, 0.3) is 0 Å². The van der Waals surface area contributed by atoms with Gasteiger partial charge in [0.1, 0.15) is 11.4 Å². The van der Waals surface area contributed by atoms with Gasteiger partial charge in [-0.1, -0.05) is 24.0 Å². The Morgan fingerprint density at radius 1 is 0.974 bits per heavy atom. The summed E-state index contributed by atoms with van der Waals surface area (Å²) in [5.41, 5.74) is 1.87. The van der Waals surface area contributed by atoms with Crippen LogP contribution in [0.2, 0.25) is 0 Å². The first kappa shape index (κ1) is 28.7. The number of carbonyl (C=O) groups excluding carboxylic acids is 2. The number of halogens is 3. The van der Waals surface area contributed by atoms with E-state index in [0.717, 1.165) is 21.7 Å². The molecule has 7 nitrogen and oxygen atoms in total. The number of amides is 2. The van der Waals surface area contributed by atoms with Crippen LogP contribution >= 0.6 is 0 Å². The Kier molecular flexibility index (Phi) is 9.15. The van der Waals surface area contributed by atoms with Gasteiger partial charge in [0.15, 0.2) is 0 Å². The van der Waals surface area contributed by atoms with E-state index in [2.05, 4.69) is 11.8 Å². The van der Waals surface area contributed by atoms with Crippen molar-refractivity contribution in [2.75, 3.05) is 44.2 Å². The Labute approximate surface area is 220 Å². The fraction of sp³-hybridized carbons (Fsp3) is 0.429. The molecule has 0 radical (unpaired) electrons. The second kappa shape index (κ2) is 12.1. The first-order valence-corrected chi connectivity index (χ1v) is 12.3. The molecule has 0 unspecified atom stereocenters. The van der Waals surface area contributed by atoms with E-state index in [4.69, 9.17) is 4.74 Å². The highest BCUT2D eigenvalue weighted by Crippen LogP contribution is 2.22. The number of phenols is 1. The number of carbonyl (C=O) groups is 2. The van der Waals surface area contributed by atoms with Crippen LogP contribution < -0.4 is 4.90 Å². The zero-order valence-electron chi connectivity index (χ0n) is 21.7. The third kappa shape index (κ3) is 8.61.